The highest BCUT2D eigenvalue weighted by molar-refractivity contribution is 4.51. The molecule has 0 atom stereocenters. The van der Waals surface area contributed by atoms with E-state index in [2.05, 4.69) is 34.6 Å². The summed E-state index contributed by atoms with van der Waals surface area (Å²) in [5.74, 6) is 0.884. The first-order valence-electron chi connectivity index (χ1n) is 7.18. The fourth-order valence-corrected chi connectivity index (χ4v) is 1.24. The topological polar surface area (TPSA) is 0 Å². The third-order valence-electron chi connectivity index (χ3n) is 2.77. The Bertz CT molecular complexity index is 70.4. The first-order valence-corrected chi connectivity index (χ1v) is 7.18. The lowest BCUT2D eigenvalue weighted by molar-refractivity contribution is 0.626. The van der Waals surface area contributed by atoms with Crippen molar-refractivity contribution in [3.63, 3.8) is 0 Å². The van der Waals surface area contributed by atoms with Crippen molar-refractivity contribution >= 4 is 0 Å². The van der Waals surface area contributed by atoms with Crippen LogP contribution in [-0.4, -0.2) is 0 Å². The summed E-state index contributed by atoms with van der Waals surface area (Å²) >= 11 is 0. The van der Waals surface area contributed by atoms with E-state index >= 15 is 0 Å². The van der Waals surface area contributed by atoms with E-state index in [1.54, 1.807) is 0 Å². The molecule has 1 rings (SSSR count). The molecule has 0 amide bonds. The second kappa shape index (κ2) is 16.4. The molecule has 0 aromatic carbocycles. The maximum atomic E-state index is 2.22. The lowest BCUT2D eigenvalue weighted by Gasteiger charge is -1.90. The highest BCUT2D eigenvalue weighted by Gasteiger charge is 1.95. The zero-order chi connectivity index (χ0) is 11.9. The minimum atomic E-state index is 0.884. The van der Waals surface area contributed by atoms with Crippen LogP contribution in [0.3, 0.4) is 0 Å². The summed E-state index contributed by atoms with van der Waals surface area (Å²) in [5, 5.41) is 0. The highest BCUT2D eigenvalue weighted by atomic mass is 14.0. The van der Waals surface area contributed by atoms with Gasteiger partial charge >= 0.3 is 0 Å². The van der Waals surface area contributed by atoms with Crippen LogP contribution >= 0.6 is 0 Å². The van der Waals surface area contributed by atoms with Crippen LogP contribution in [0.4, 0.5) is 0 Å². The molecule has 94 valence electrons. The third-order valence-corrected chi connectivity index (χ3v) is 2.77. The minimum absolute atomic E-state index is 0.884. The van der Waals surface area contributed by atoms with Gasteiger partial charge in [0.1, 0.15) is 0 Å². The molecule has 0 bridgehead atoms. The van der Waals surface area contributed by atoms with E-state index in [0.717, 1.165) is 5.92 Å². The lowest BCUT2D eigenvalue weighted by atomic mass is 10.2. The monoisotopic (exact) mass is 214 g/mol. The molecule has 0 heterocycles. The van der Waals surface area contributed by atoms with Gasteiger partial charge in [-0.1, -0.05) is 92.4 Å². The zero-order valence-corrected chi connectivity index (χ0v) is 11.9. The van der Waals surface area contributed by atoms with Crippen LogP contribution in [0.2, 0.25) is 0 Å². The predicted octanol–water partition coefficient (Wildman–Crippen LogP) is 6.20. The summed E-state index contributed by atoms with van der Waals surface area (Å²) in [4.78, 5) is 0. The van der Waals surface area contributed by atoms with Gasteiger partial charge in [0.25, 0.3) is 0 Å². The zero-order valence-electron chi connectivity index (χ0n) is 11.9. The molecule has 0 aromatic heterocycles. The molecule has 1 aliphatic carbocycles. The van der Waals surface area contributed by atoms with Crippen molar-refractivity contribution in [3.05, 3.63) is 0 Å². The van der Waals surface area contributed by atoms with Gasteiger partial charge in [-0.3, -0.25) is 0 Å². The van der Waals surface area contributed by atoms with Crippen molar-refractivity contribution in [2.24, 2.45) is 5.92 Å². The Morgan fingerprint density at radius 3 is 1.07 bits per heavy atom. The summed E-state index contributed by atoms with van der Waals surface area (Å²) in [6.45, 7) is 11.1. The molecule has 0 N–H and O–H groups in total. The molecule has 15 heavy (non-hydrogen) atoms. The Morgan fingerprint density at radius 2 is 1.00 bits per heavy atom. The van der Waals surface area contributed by atoms with Crippen LogP contribution in [0.5, 0.6) is 0 Å². The smallest absolute Gasteiger partial charge is 0.0474 e. The standard InChI is InChI=1S/C5H10.2C5H12/c1-2-4-5-3-1;1-4-5(2)3;1-3-5-4-2/h1-5H2;5H,4H2,1-3H3;3-5H2,1-2H3. The van der Waals surface area contributed by atoms with Crippen molar-refractivity contribution < 1.29 is 0 Å². The van der Waals surface area contributed by atoms with E-state index in [-0.39, 0.29) is 0 Å². The van der Waals surface area contributed by atoms with Crippen LogP contribution in [0.15, 0.2) is 0 Å². The quantitative estimate of drug-likeness (QED) is 0.524. The first kappa shape index (κ1) is 17.4. The summed E-state index contributed by atoms with van der Waals surface area (Å²) in [6, 6.07) is 0. The van der Waals surface area contributed by atoms with Crippen molar-refractivity contribution in [3.8, 4) is 0 Å². The molecule has 0 aliphatic heterocycles. The van der Waals surface area contributed by atoms with E-state index < -0.39 is 0 Å². The average molecular weight is 214 g/mol. The predicted molar refractivity (Wildman–Crippen MR) is 73.4 cm³/mol. The molecular weight excluding hydrogens is 180 g/mol. The number of unbranched alkanes of at least 4 members (excludes halogenated alkanes) is 2. The van der Waals surface area contributed by atoms with Gasteiger partial charge in [-0.25, -0.2) is 0 Å². The second-order valence-corrected chi connectivity index (χ2v) is 4.92. The van der Waals surface area contributed by atoms with Crippen molar-refractivity contribution in [2.45, 2.75) is 92.4 Å². The molecular formula is C15H34. The van der Waals surface area contributed by atoms with Crippen LogP contribution in [0, 0.1) is 5.92 Å². The van der Waals surface area contributed by atoms with Gasteiger partial charge in [-0.05, 0) is 5.92 Å². The number of hydrogen-bond acceptors (Lipinski definition) is 0. The minimum Gasteiger partial charge on any atom is -0.0654 e. The Morgan fingerprint density at radius 1 is 0.733 bits per heavy atom. The molecule has 1 saturated carbocycles. The Balaban J connectivity index is 0. The van der Waals surface area contributed by atoms with E-state index in [1.807, 2.05) is 0 Å². The van der Waals surface area contributed by atoms with Gasteiger partial charge < -0.3 is 0 Å². The van der Waals surface area contributed by atoms with E-state index in [1.165, 1.54) is 57.8 Å². The summed E-state index contributed by atoms with van der Waals surface area (Å²) in [6.07, 6.45) is 12.9. The van der Waals surface area contributed by atoms with Gasteiger partial charge in [-0.2, -0.15) is 0 Å². The van der Waals surface area contributed by atoms with E-state index in [4.69, 9.17) is 0 Å². The number of hydrogen-bond donors (Lipinski definition) is 0. The molecule has 0 heteroatoms. The largest absolute Gasteiger partial charge is 0.0654 e. The van der Waals surface area contributed by atoms with Crippen LogP contribution in [-0.2, 0) is 0 Å². The Kier molecular flexibility index (Phi) is 19.1. The van der Waals surface area contributed by atoms with Gasteiger partial charge in [0, 0.05) is 0 Å². The molecule has 0 nitrogen and oxygen atoms in total. The van der Waals surface area contributed by atoms with Gasteiger partial charge in [0.15, 0.2) is 0 Å². The molecule has 0 spiro atoms. The summed E-state index contributed by atoms with van der Waals surface area (Å²) in [7, 11) is 0. The average Bonchev–Trinajstić information content (AvgIpc) is 2.78. The maximum absolute atomic E-state index is 2.22. The summed E-state index contributed by atoms with van der Waals surface area (Å²) < 4.78 is 0. The fraction of sp³-hybridized carbons (Fsp3) is 1.00. The van der Waals surface area contributed by atoms with Gasteiger partial charge in [0.2, 0.25) is 0 Å². The van der Waals surface area contributed by atoms with Crippen molar-refractivity contribution in [1.29, 1.82) is 0 Å². The molecule has 0 saturated heterocycles. The molecule has 0 unspecified atom stereocenters. The maximum Gasteiger partial charge on any atom is -0.0474 e. The van der Waals surface area contributed by atoms with Crippen LogP contribution in [0.1, 0.15) is 92.4 Å². The Hall–Kier alpha value is 0. The lowest BCUT2D eigenvalue weighted by Crippen LogP contribution is -1.77. The van der Waals surface area contributed by atoms with Gasteiger partial charge in [-0.15, -0.1) is 0 Å². The second-order valence-electron chi connectivity index (χ2n) is 4.92. The Labute approximate surface area is 98.9 Å². The number of rotatable bonds is 3. The van der Waals surface area contributed by atoms with Gasteiger partial charge in [0.05, 0.1) is 0 Å². The molecule has 1 aliphatic rings. The van der Waals surface area contributed by atoms with Crippen LogP contribution in [0.25, 0.3) is 0 Å². The van der Waals surface area contributed by atoms with E-state index in [0.29, 0.717) is 0 Å². The SMILES string of the molecule is C1CCCC1.CCC(C)C.CCCCC. The third kappa shape index (κ3) is 24.9. The van der Waals surface area contributed by atoms with Crippen molar-refractivity contribution in [2.75, 3.05) is 0 Å². The highest BCUT2D eigenvalue weighted by Crippen LogP contribution is 2.15. The van der Waals surface area contributed by atoms with Crippen molar-refractivity contribution in [1.82, 2.24) is 0 Å². The molecule has 0 radical (unpaired) electrons. The summed E-state index contributed by atoms with van der Waals surface area (Å²) in [5.41, 5.74) is 0. The first-order chi connectivity index (χ1) is 7.18. The van der Waals surface area contributed by atoms with Crippen LogP contribution < -0.4 is 0 Å². The molecule has 1 fully saturated rings. The normalized spacial score (nSPS) is 14.0. The fourth-order valence-electron chi connectivity index (χ4n) is 1.24. The van der Waals surface area contributed by atoms with E-state index in [9.17, 15) is 0 Å². The molecule has 0 aromatic rings.